The summed E-state index contributed by atoms with van der Waals surface area (Å²) in [6.45, 7) is 0.459. The molecule has 102 valence electrons. The molecule has 0 saturated heterocycles. The van der Waals surface area contributed by atoms with Gasteiger partial charge in [0.25, 0.3) is 0 Å². The Labute approximate surface area is 114 Å². The number of hydrogen-bond donors (Lipinski definition) is 1. The minimum absolute atomic E-state index is 0.149. The number of hydrogen-bond acceptors (Lipinski definition) is 2. The molecule has 0 spiro atoms. The summed E-state index contributed by atoms with van der Waals surface area (Å²) >= 11 is 0. The van der Waals surface area contributed by atoms with E-state index in [9.17, 15) is 9.90 Å². The number of para-hydroxylation sites is 1. The van der Waals surface area contributed by atoms with Gasteiger partial charge in [-0.1, -0.05) is 31.0 Å². The lowest BCUT2D eigenvalue weighted by Gasteiger charge is -2.32. The molecule has 1 aliphatic carbocycles. The van der Waals surface area contributed by atoms with Gasteiger partial charge in [-0.2, -0.15) is 0 Å². The van der Waals surface area contributed by atoms with Crippen LogP contribution in [-0.4, -0.2) is 23.7 Å². The molecule has 3 heteroatoms. The van der Waals surface area contributed by atoms with E-state index in [1.807, 2.05) is 18.2 Å². The Balaban J connectivity index is 1.77. The summed E-state index contributed by atoms with van der Waals surface area (Å²) < 4.78 is 0. The van der Waals surface area contributed by atoms with Gasteiger partial charge in [-0.05, 0) is 36.8 Å². The second kappa shape index (κ2) is 5.33. The largest absolute Gasteiger partial charge is 0.391 e. The summed E-state index contributed by atoms with van der Waals surface area (Å²) in [6.07, 6.45) is 5.64. The maximum atomic E-state index is 12.1. The predicted octanol–water partition coefficient (Wildman–Crippen LogP) is 2.52. The van der Waals surface area contributed by atoms with E-state index in [2.05, 4.69) is 6.07 Å². The van der Waals surface area contributed by atoms with Crippen LogP contribution < -0.4 is 4.90 Å². The normalized spacial score (nSPS) is 21.5. The molecular weight excluding hydrogens is 238 g/mol. The van der Waals surface area contributed by atoms with Crippen LogP contribution in [0, 0.1) is 5.92 Å². The molecule has 0 radical (unpaired) electrons. The Morgan fingerprint density at radius 1 is 1.21 bits per heavy atom. The van der Waals surface area contributed by atoms with E-state index in [0.29, 0.717) is 18.9 Å². The number of aliphatic hydroxyl groups excluding tert-OH is 1. The zero-order chi connectivity index (χ0) is 13.2. The van der Waals surface area contributed by atoms with Crippen LogP contribution in [0.3, 0.4) is 0 Å². The van der Waals surface area contributed by atoms with E-state index in [-0.39, 0.29) is 12.0 Å². The number of benzene rings is 1. The van der Waals surface area contributed by atoms with Gasteiger partial charge in [-0.3, -0.25) is 4.79 Å². The van der Waals surface area contributed by atoms with Crippen LogP contribution in [0.25, 0.3) is 0 Å². The predicted molar refractivity (Wildman–Crippen MR) is 75.1 cm³/mol. The lowest BCUT2D eigenvalue weighted by molar-refractivity contribution is -0.119. The number of carbonyl (C=O) groups excluding carboxylic acids is 1. The Kier molecular flexibility index (Phi) is 3.56. The van der Waals surface area contributed by atoms with Crippen molar-refractivity contribution in [2.24, 2.45) is 5.92 Å². The molecule has 1 heterocycles. The highest BCUT2D eigenvalue weighted by atomic mass is 16.3. The molecule has 0 bridgehead atoms. The Bertz CT molecular complexity index is 466. The fourth-order valence-electron chi connectivity index (χ4n) is 3.37. The molecule has 1 amide bonds. The van der Waals surface area contributed by atoms with Crippen LogP contribution in [-0.2, 0) is 11.2 Å². The van der Waals surface area contributed by atoms with E-state index in [4.69, 9.17) is 0 Å². The Morgan fingerprint density at radius 3 is 2.74 bits per heavy atom. The van der Waals surface area contributed by atoms with Crippen molar-refractivity contribution in [2.45, 2.75) is 44.6 Å². The van der Waals surface area contributed by atoms with Crippen molar-refractivity contribution in [3.8, 4) is 0 Å². The van der Waals surface area contributed by atoms with Gasteiger partial charge in [-0.15, -0.1) is 0 Å². The fourth-order valence-corrected chi connectivity index (χ4v) is 3.37. The number of aryl methyl sites for hydroxylation is 1. The summed E-state index contributed by atoms with van der Waals surface area (Å²) in [5.74, 6) is 0.526. The van der Waals surface area contributed by atoms with Crippen molar-refractivity contribution in [3.05, 3.63) is 29.8 Å². The van der Waals surface area contributed by atoms with Crippen molar-refractivity contribution >= 4 is 11.6 Å². The van der Waals surface area contributed by atoms with Gasteiger partial charge >= 0.3 is 0 Å². The van der Waals surface area contributed by atoms with Gasteiger partial charge in [0.1, 0.15) is 0 Å². The van der Waals surface area contributed by atoms with Crippen LogP contribution >= 0.6 is 0 Å². The molecule has 1 fully saturated rings. The molecular formula is C16H21NO2. The topological polar surface area (TPSA) is 40.5 Å². The third-order valence-corrected chi connectivity index (χ3v) is 4.51. The van der Waals surface area contributed by atoms with Crippen molar-refractivity contribution in [2.75, 3.05) is 11.4 Å². The maximum Gasteiger partial charge on any atom is 0.227 e. The summed E-state index contributed by atoms with van der Waals surface area (Å²) in [7, 11) is 0. The molecule has 1 saturated carbocycles. The molecule has 1 N–H and O–H groups in total. The minimum atomic E-state index is -0.377. The van der Waals surface area contributed by atoms with Crippen LogP contribution in [0.2, 0.25) is 0 Å². The highest BCUT2D eigenvalue weighted by molar-refractivity contribution is 5.96. The smallest absolute Gasteiger partial charge is 0.227 e. The first-order chi connectivity index (χ1) is 9.25. The number of anilines is 1. The number of β-amino-alcohol motifs (C(OH)–C–C–N with tert-alkyl or cyclic N) is 1. The van der Waals surface area contributed by atoms with E-state index in [1.165, 1.54) is 18.4 Å². The molecule has 1 aliphatic heterocycles. The molecule has 1 aromatic rings. The monoisotopic (exact) mass is 259 g/mol. The summed E-state index contributed by atoms with van der Waals surface area (Å²) in [4.78, 5) is 13.9. The average Bonchev–Trinajstić information content (AvgIpc) is 2.96. The first kappa shape index (κ1) is 12.7. The SMILES string of the molecule is O=C1CCc2ccccc2N1CC(O)C1CCCC1. The van der Waals surface area contributed by atoms with Crippen LogP contribution in [0.1, 0.15) is 37.7 Å². The average molecular weight is 259 g/mol. The second-order valence-electron chi connectivity index (χ2n) is 5.74. The fraction of sp³-hybridized carbons (Fsp3) is 0.562. The first-order valence-electron chi connectivity index (χ1n) is 7.32. The number of carbonyl (C=O) groups is 1. The Hall–Kier alpha value is -1.35. The molecule has 3 rings (SSSR count). The summed E-state index contributed by atoms with van der Waals surface area (Å²) in [5, 5.41) is 10.4. The number of nitrogens with zero attached hydrogens (tertiary/aromatic N) is 1. The van der Waals surface area contributed by atoms with E-state index in [0.717, 1.165) is 24.9 Å². The third-order valence-electron chi connectivity index (χ3n) is 4.51. The quantitative estimate of drug-likeness (QED) is 0.906. The van der Waals surface area contributed by atoms with E-state index >= 15 is 0 Å². The maximum absolute atomic E-state index is 12.1. The molecule has 1 aromatic carbocycles. The van der Waals surface area contributed by atoms with Crippen molar-refractivity contribution in [1.82, 2.24) is 0 Å². The minimum Gasteiger partial charge on any atom is -0.391 e. The molecule has 0 aromatic heterocycles. The lowest BCUT2D eigenvalue weighted by Crippen LogP contribution is -2.42. The first-order valence-corrected chi connectivity index (χ1v) is 7.32. The number of fused-ring (bicyclic) bond motifs is 1. The third kappa shape index (κ3) is 2.52. The summed E-state index contributed by atoms with van der Waals surface area (Å²) in [5.41, 5.74) is 2.22. The molecule has 2 aliphatic rings. The molecule has 1 atom stereocenters. The zero-order valence-electron chi connectivity index (χ0n) is 11.2. The highest BCUT2D eigenvalue weighted by Gasteiger charge is 2.30. The van der Waals surface area contributed by atoms with Crippen LogP contribution in [0.15, 0.2) is 24.3 Å². The summed E-state index contributed by atoms with van der Waals surface area (Å²) in [6, 6.07) is 8.05. The van der Waals surface area contributed by atoms with Gasteiger partial charge in [-0.25, -0.2) is 0 Å². The highest BCUT2D eigenvalue weighted by Crippen LogP contribution is 2.31. The number of rotatable bonds is 3. The van der Waals surface area contributed by atoms with Gasteiger partial charge in [0.05, 0.1) is 12.6 Å². The van der Waals surface area contributed by atoms with Gasteiger partial charge in [0, 0.05) is 12.1 Å². The van der Waals surface area contributed by atoms with Gasteiger partial charge in [0.2, 0.25) is 5.91 Å². The van der Waals surface area contributed by atoms with Gasteiger partial charge < -0.3 is 10.0 Å². The number of amides is 1. The van der Waals surface area contributed by atoms with E-state index < -0.39 is 0 Å². The zero-order valence-corrected chi connectivity index (χ0v) is 11.2. The Morgan fingerprint density at radius 2 is 1.95 bits per heavy atom. The van der Waals surface area contributed by atoms with E-state index in [1.54, 1.807) is 4.90 Å². The van der Waals surface area contributed by atoms with Crippen molar-refractivity contribution < 1.29 is 9.90 Å². The molecule has 19 heavy (non-hydrogen) atoms. The second-order valence-corrected chi connectivity index (χ2v) is 5.74. The van der Waals surface area contributed by atoms with Crippen LogP contribution in [0.5, 0.6) is 0 Å². The van der Waals surface area contributed by atoms with Gasteiger partial charge in [0.15, 0.2) is 0 Å². The van der Waals surface area contributed by atoms with Crippen LogP contribution in [0.4, 0.5) is 5.69 Å². The molecule has 3 nitrogen and oxygen atoms in total. The lowest BCUT2D eigenvalue weighted by atomic mass is 9.97. The number of aliphatic hydroxyl groups is 1. The van der Waals surface area contributed by atoms with Crippen molar-refractivity contribution in [3.63, 3.8) is 0 Å². The van der Waals surface area contributed by atoms with Crippen molar-refractivity contribution in [1.29, 1.82) is 0 Å². The standard InChI is InChI=1S/C16H21NO2/c18-15(13-6-1-2-7-13)11-17-14-8-4-3-5-12(14)9-10-16(17)19/h3-5,8,13,15,18H,1-2,6-7,9-11H2. The molecule has 1 unspecified atom stereocenters.